The van der Waals surface area contributed by atoms with Crippen molar-refractivity contribution in [1.29, 1.82) is 0 Å². The van der Waals surface area contributed by atoms with Gasteiger partial charge in [0, 0.05) is 17.7 Å². The van der Waals surface area contributed by atoms with Gasteiger partial charge in [-0.15, -0.1) is 0 Å². The normalized spacial score (nSPS) is 25.1. The zero-order valence-electron chi connectivity index (χ0n) is 9.67. The van der Waals surface area contributed by atoms with Gasteiger partial charge in [0.1, 0.15) is 5.82 Å². The van der Waals surface area contributed by atoms with E-state index in [2.05, 4.69) is 22.1 Å². The molecule has 1 spiro atoms. The Bertz CT molecular complexity index is 480. The Morgan fingerprint density at radius 3 is 2.94 bits per heavy atom. The first-order valence-corrected chi connectivity index (χ1v) is 6.11. The zero-order chi connectivity index (χ0) is 11.7. The van der Waals surface area contributed by atoms with Gasteiger partial charge in [-0.3, -0.25) is 4.98 Å². The van der Waals surface area contributed by atoms with Crippen LogP contribution in [-0.2, 0) is 0 Å². The number of halogens is 1. The van der Waals surface area contributed by atoms with E-state index in [1.807, 2.05) is 0 Å². The van der Waals surface area contributed by atoms with Crippen molar-refractivity contribution in [2.24, 2.45) is 11.3 Å². The molecule has 2 aliphatic rings. The largest absolute Gasteiger partial charge is 0.317 e. The van der Waals surface area contributed by atoms with Crippen molar-refractivity contribution in [3.05, 3.63) is 29.8 Å². The van der Waals surface area contributed by atoms with E-state index >= 15 is 0 Å². The zero-order valence-corrected chi connectivity index (χ0v) is 9.67. The van der Waals surface area contributed by atoms with Crippen LogP contribution in [-0.4, -0.2) is 18.1 Å². The van der Waals surface area contributed by atoms with Gasteiger partial charge in [-0.2, -0.15) is 0 Å². The van der Waals surface area contributed by atoms with E-state index < -0.39 is 0 Å². The lowest BCUT2D eigenvalue weighted by atomic mass is 9.92. The Morgan fingerprint density at radius 1 is 1.35 bits per heavy atom. The molecule has 0 radical (unpaired) electrons. The fraction of sp³-hybridized carbons (Fsp3) is 0.500. The minimum absolute atomic E-state index is 0.316. The number of nitrogens with one attached hydrogen (secondary N) is 1. The third kappa shape index (κ3) is 2.18. The van der Waals surface area contributed by atoms with E-state index in [-0.39, 0.29) is 5.82 Å². The highest BCUT2D eigenvalue weighted by Crippen LogP contribution is 2.58. The fourth-order valence-corrected chi connectivity index (χ4v) is 2.68. The topological polar surface area (TPSA) is 24.9 Å². The minimum Gasteiger partial charge on any atom is -0.317 e. The van der Waals surface area contributed by atoms with Crippen LogP contribution in [0.3, 0.4) is 0 Å². The van der Waals surface area contributed by atoms with Crippen LogP contribution in [0.1, 0.15) is 24.8 Å². The highest BCUT2D eigenvalue weighted by molar-refractivity contribution is 5.35. The third-order valence-corrected chi connectivity index (χ3v) is 3.88. The van der Waals surface area contributed by atoms with Gasteiger partial charge in [-0.25, -0.2) is 4.39 Å². The van der Waals surface area contributed by atoms with Gasteiger partial charge in [0.05, 0.1) is 6.20 Å². The van der Waals surface area contributed by atoms with Crippen LogP contribution in [0.4, 0.5) is 4.39 Å². The summed E-state index contributed by atoms with van der Waals surface area (Å²) in [4.78, 5) is 3.80. The molecule has 3 rings (SSSR count). The van der Waals surface area contributed by atoms with E-state index in [1.165, 1.54) is 31.5 Å². The highest BCUT2D eigenvalue weighted by Gasteiger charge is 2.52. The Kier molecular flexibility index (Phi) is 2.60. The Balaban J connectivity index is 1.69. The molecule has 1 atom stereocenters. The maximum absolute atomic E-state index is 12.9. The van der Waals surface area contributed by atoms with Gasteiger partial charge in [0.15, 0.2) is 0 Å². The molecule has 1 aromatic rings. The minimum atomic E-state index is -0.316. The lowest BCUT2D eigenvalue weighted by Crippen LogP contribution is -2.29. The van der Waals surface area contributed by atoms with Crippen molar-refractivity contribution in [3.63, 3.8) is 0 Å². The monoisotopic (exact) mass is 230 g/mol. The average molecular weight is 230 g/mol. The maximum Gasteiger partial charge on any atom is 0.142 e. The van der Waals surface area contributed by atoms with Gasteiger partial charge in [-0.05, 0) is 43.8 Å². The molecule has 1 unspecified atom stereocenters. The second kappa shape index (κ2) is 4.12. The van der Waals surface area contributed by atoms with Crippen LogP contribution in [0.15, 0.2) is 18.5 Å². The molecule has 2 heterocycles. The Hall–Kier alpha value is -1.40. The molecule has 17 heavy (non-hydrogen) atoms. The predicted octanol–water partition coefficient (Wildman–Crippen LogP) is 1.96. The van der Waals surface area contributed by atoms with E-state index in [0.717, 1.165) is 13.1 Å². The van der Waals surface area contributed by atoms with Crippen LogP contribution < -0.4 is 5.32 Å². The average Bonchev–Trinajstić information content (AvgIpc) is 3.00. The molecule has 1 aliphatic carbocycles. The van der Waals surface area contributed by atoms with Crippen molar-refractivity contribution in [3.8, 4) is 11.8 Å². The van der Waals surface area contributed by atoms with Crippen molar-refractivity contribution < 1.29 is 4.39 Å². The van der Waals surface area contributed by atoms with Crippen molar-refractivity contribution in [2.45, 2.75) is 19.3 Å². The summed E-state index contributed by atoms with van der Waals surface area (Å²) in [7, 11) is 0. The predicted molar refractivity (Wildman–Crippen MR) is 63.7 cm³/mol. The lowest BCUT2D eigenvalue weighted by molar-refractivity contribution is 0.339. The highest BCUT2D eigenvalue weighted by atomic mass is 19.1. The number of aromatic nitrogens is 1. The summed E-state index contributed by atoms with van der Waals surface area (Å²) < 4.78 is 12.9. The van der Waals surface area contributed by atoms with Gasteiger partial charge in [-0.1, -0.05) is 11.8 Å². The fourth-order valence-electron chi connectivity index (χ4n) is 2.68. The van der Waals surface area contributed by atoms with Crippen LogP contribution in [0.2, 0.25) is 0 Å². The molecule has 2 nitrogen and oxygen atoms in total. The van der Waals surface area contributed by atoms with E-state index in [0.29, 0.717) is 16.9 Å². The summed E-state index contributed by atoms with van der Waals surface area (Å²) >= 11 is 0. The van der Waals surface area contributed by atoms with Crippen LogP contribution in [0.25, 0.3) is 0 Å². The second-order valence-corrected chi connectivity index (χ2v) is 5.03. The molecule has 0 aromatic carbocycles. The molecular formula is C14H15FN2. The molecule has 2 fully saturated rings. The maximum atomic E-state index is 12.9. The van der Waals surface area contributed by atoms with Gasteiger partial charge < -0.3 is 5.32 Å². The van der Waals surface area contributed by atoms with E-state index in [1.54, 1.807) is 6.20 Å². The molecular weight excluding hydrogens is 215 g/mol. The number of hydrogen-bond donors (Lipinski definition) is 1. The summed E-state index contributed by atoms with van der Waals surface area (Å²) in [6.07, 6.45) is 6.50. The summed E-state index contributed by atoms with van der Waals surface area (Å²) in [5, 5.41) is 3.37. The molecule has 1 aromatic heterocycles. The lowest BCUT2D eigenvalue weighted by Gasteiger charge is -2.22. The van der Waals surface area contributed by atoms with Crippen molar-refractivity contribution >= 4 is 0 Å². The van der Waals surface area contributed by atoms with Crippen LogP contribution in [0.5, 0.6) is 0 Å². The van der Waals surface area contributed by atoms with Crippen LogP contribution >= 0.6 is 0 Å². The first-order valence-electron chi connectivity index (χ1n) is 6.11. The van der Waals surface area contributed by atoms with Gasteiger partial charge >= 0.3 is 0 Å². The molecule has 1 saturated carbocycles. The summed E-state index contributed by atoms with van der Waals surface area (Å²) in [6, 6.07) is 1.44. The number of rotatable bonds is 0. The summed E-state index contributed by atoms with van der Waals surface area (Å²) in [5.41, 5.74) is 1.15. The second-order valence-electron chi connectivity index (χ2n) is 5.03. The SMILES string of the molecule is Fc1cncc(C#CC2CC23CCNCC3)c1. The number of piperidine rings is 1. The molecule has 0 bridgehead atoms. The number of hydrogen-bond acceptors (Lipinski definition) is 2. The first-order chi connectivity index (χ1) is 8.28. The molecule has 1 aliphatic heterocycles. The molecule has 0 amide bonds. The van der Waals surface area contributed by atoms with Crippen molar-refractivity contribution in [2.75, 3.05) is 13.1 Å². The smallest absolute Gasteiger partial charge is 0.142 e. The number of nitrogens with zero attached hydrogens (tertiary/aromatic N) is 1. The Morgan fingerprint density at radius 2 is 2.18 bits per heavy atom. The van der Waals surface area contributed by atoms with Gasteiger partial charge in [0.2, 0.25) is 0 Å². The van der Waals surface area contributed by atoms with Crippen LogP contribution in [0, 0.1) is 29.0 Å². The van der Waals surface area contributed by atoms with Crippen molar-refractivity contribution in [1.82, 2.24) is 10.3 Å². The summed E-state index contributed by atoms with van der Waals surface area (Å²) in [6.45, 7) is 2.22. The van der Waals surface area contributed by atoms with E-state index in [4.69, 9.17) is 0 Å². The molecule has 3 heteroatoms. The quantitative estimate of drug-likeness (QED) is 0.689. The molecule has 1 N–H and O–H groups in total. The van der Waals surface area contributed by atoms with E-state index in [9.17, 15) is 4.39 Å². The molecule has 1 saturated heterocycles. The van der Waals surface area contributed by atoms with Gasteiger partial charge in [0.25, 0.3) is 0 Å². The molecule has 88 valence electrons. The Labute approximate surface area is 101 Å². The first kappa shape index (κ1) is 10.7. The summed E-state index contributed by atoms with van der Waals surface area (Å²) in [5.74, 6) is 6.51. The third-order valence-electron chi connectivity index (χ3n) is 3.88. The standard InChI is InChI=1S/C14H15FN2/c15-13-7-11(9-17-10-13)1-2-12-8-14(12)3-5-16-6-4-14/h7,9-10,12,16H,3-6,8H2. The number of pyridine rings is 1.